The van der Waals surface area contributed by atoms with Crippen molar-refractivity contribution in [2.45, 2.75) is 19.3 Å². The van der Waals surface area contributed by atoms with Crippen LogP contribution in [0.4, 0.5) is 23.4 Å². The molecular weight excluding hydrogens is 346 g/mol. The molecule has 4 rings (SSSR count). The van der Waals surface area contributed by atoms with Crippen molar-refractivity contribution in [3.63, 3.8) is 0 Å². The molecule has 1 aromatic carbocycles. The highest BCUT2D eigenvalue weighted by Gasteiger charge is 2.16. The zero-order valence-corrected chi connectivity index (χ0v) is 14.9. The molecule has 142 valence electrons. The second-order valence-corrected chi connectivity index (χ2v) is 6.16. The Bertz CT molecular complexity index is 884. The summed E-state index contributed by atoms with van der Waals surface area (Å²) in [6.07, 6.45) is 5.24. The highest BCUT2D eigenvalue weighted by Crippen LogP contribution is 2.19. The highest BCUT2D eigenvalue weighted by molar-refractivity contribution is 5.90. The Morgan fingerprint density at radius 3 is 2.56 bits per heavy atom. The molecule has 0 unspecified atom stereocenters. The number of rotatable bonds is 2. The number of nitrogens with one attached hydrogen (secondary N) is 1. The first-order chi connectivity index (χ1) is 13.1. The Morgan fingerprint density at radius 2 is 1.85 bits per heavy atom. The minimum atomic E-state index is -0.0874. The third-order valence-electron chi connectivity index (χ3n) is 4.34. The number of hydrazine groups is 1. The second kappa shape index (κ2) is 8.32. The molecule has 0 bridgehead atoms. The van der Waals surface area contributed by atoms with Gasteiger partial charge in [-0.2, -0.15) is 5.10 Å². The number of aromatic nitrogens is 4. The molecule has 1 aliphatic heterocycles. The molecule has 1 fully saturated rings. The van der Waals surface area contributed by atoms with Crippen molar-refractivity contribution >= 4 is 34.2 Å². The van der Waals surface area contributed by atoms with Crippen LogP contribution in [0, 0.1) is 5.21 Å². The lowest BCUT2D eigenvalue weighted by molar-refractivity contribution is -0.576. The molecule has 0 amide bonds. The Balaban J connectivity index is 0.000000159. The number of benzene rings is 1. The quantitative estimate of drug-likeness (QED) is 0.221. The van der Waals surface area contributed by atoms with Gasteiger partial charge >= 0.3 is 5.95 Å². The normalized spacial score (nSPS) is 13.7. The van der Waals surface area contributed by atoms with Crippen LogP contribution in [-0.4, -0.2) is 28.3 Å². The molecule has 0 radical (unpaired) electrons. The van der Waals surface area contributed by atoms with Crippen LogP contribution in [-0.2, 0) is 0 Å². The maximum Gasteiger partial charge on any atom is 0.346 e. The van der Waals surface area contributed by atoms with Gasteiger partial charge in [-0.3, -0.25) is 0 Å². The predicted molar refractivity (Wildman–Crippen MR) is 105 cm³/mol. The molecule has 27 heavy (non-hydrogen) atoms. The molecule has 1 aliphatic rings. The van der Waals surface area contributed by atoms with E-state index in [1.807, 2.05) is 24.3 Å². The molecule has 10 heteroatoms. The zero-order valence-electron chi connectivity index (χ0n) is 14.9. The molecule has 2 aromatic heterocycles. The van der Waals surface area contributed by atoms with E-state index in [0.29, 0.717) is 16.4 Å². The summed E-state index contributed by atoms with van der Waals surface area (Å²) < 4.78 is 0.438. The summed E-state index contributed by atoms with van der Waals surface area (Å²) in [5.74, 6) is 6.59. The summed E-state index contributed by atoms with van der Waals surface area (Å²) in [6, 6.07) is 9.37. The fourth-order valence-electron chi connectivity index (χ4n) is 2.94. The first-order valence-corrected chi connectivity index (χ1v) is 8.67. The lowest BCUT2D eigenvalue weighted by atomic mass is 10.1. The first kappa shape index (κ1) is 18.4. The van der Waals surface area contributed by atoms with Crippen LogP contribution in [0.2, 0.25) is 0 Å². The molecule has 7 N–H and O–H groups in total. The van der Waals surface area contributed by atoms with Crippen LogP contribution in [0.1, 0.15) is 19.3 Å². The molecule has 0 atom stereocenters. The van der Waals surface area contributed by atoms with Gasteiger partial charge in [0, 0.05) is 23.9 Å². The molecule has 3 heterocycles. The topological polar surface area (TPSA) is 159 Å². The van der Waals surface area contributed by atoms with Crippen molar-refractivity contribution in [2.24, 2.45) is 5.84 Å². The van der Waals surface area contributed by atoms with Crippen molar-refractivity contribution in [1.29, 1.82) is 0 Å². The van der Waals surface area contributed by atoms with Crippen LogP contribution < -0.4 is 32.4 Å². The van der Waals surface area contributed by atoms with Gasteiger partial charge in [-0.15, -0.1) is 5.10 Å². The monoisotopic (exact) mass is 369 g/mol. The van der Waals surface area contributed by atoms with Gasteiger partial charge in [0.05, 0.1) is 12.3 Å². The van der Waals surface area contributed by atoms with Gasteiger partial charge in [-0.1, -0.05) is 29.2 Å². The summed E-state index contributed by atoms with van der Waals surface area (Å²) in [4.78, 5) is 6.14. The average Bonchev–Trinajstić information content (AvgIpc) is 2.72. The molecule has 3 aromatic rings. The van der Waals surface area contributed by atoms with E-state index in [1.165, 1.54) is 6.42 Å². The smallest absolute Gasteiger partial charge is 0.346 e. The highest BCUT2D eigenvalue weighted by atomic mass is 16.5. The lowest BCUT2D eigenvalue weighted by Crippen LogP contribution is -2.38. The van der Waals surface area contributed by atoms with E-state index < -0.39 is 0 Å². The van der Waals surface area contributed by atoms with Crippen molar-refractivity contribution in [1.82, 2.24) is 15.2 Å². The van der Waals surface area contributed by atoms with E-state index in [4.69, 9.17) is 17.3 Å². The summed E-state index contributed by atoms with van der Waals surface area (Å²) in [7, 11) is 0. The molecule has 0 saturated carbocycles. The van der Waals surface area contributed by atoms with Gasteiger partial charge in [0.15, 0.2) is 17.5 Å². The minimum absolute atomic E-state index is 0.0874. The van der Waals surface area contributed by atoms with Gasteiger partial charge < -0.3 is 27.0 Å². The SMILES string of the molecule is NNc1nncc2ccccc12.Nc1cc(N2CCCCC2)nc(N)[n+]1[O-]. The molecular formula is C17H23N9O. The van der Waals surface area contributed by atoms with Crippen molar-refractivity contribution < 1.29 is 4.73 Å². The fraction of sp³-hybridized carbons (Fsp3) is 0.294. The zero-order chi connectivity index (χ0) is 19.2. The fourth-order valence-corrected chi connectivity index (χ4v) is 2.94. The third-order valence-corrected chi connectivity index (χ3v) is 4.34. The van der Waals surface area contributed by atoms with E-state index in [-0.39, 0.29) is 11.8 Å². The maximum absolute atomic E-state index is 11.2. The number of nitrogens with two attached hydrogens (primary N) is 3. The van der Waals surface area contributed by atoms with Crippen LogP contribution in [0.25, 0.3) is 10.8 Å². The number of hydrogen-bond donors (Lipinski definition) is 4. The summed E-state index contributed by atoms with van der Waals surface area (Å²) in [5, 5.41) is 20.8. The van der Waals surface area contributed by atoms with Crippen molar-refractivity contribution in [3.8, 4) is 0 Å². The number of piperidine rings is 1. The number of anilines is 4. The van der Waals surface area contributed by atoms with Crippen molar-refractivity contribution in [3.05, 3.63) is 41.7 Å². The number of fused-ring (bicyclic) bond motifs is 1. The molecule has 1 saturated heterocycles. The van der Waals surface area contributed by atoms with Gasteiger partial charge in [0.25, 0.3) is 0 Å². The van der Waals surface area contributed by atoms with Crippen LogP contribution in [0.3, 0.4) is 0 Å². The Kier molecular flexibility index (Phi) is 5.67. The molecule has 0 spiro atoms. The number of nitrogens with zero attached hydrogens (tertiary/aromatic N) is 5. The minimum Gasteiger partial charge on any atom is -0.754 e. The van der Waals surface area contributed by atoms with E-state index in [0.717, 1.165) is 36.7 Å². The molecule has 0 aliphatic carbocycles. The van der Waals surface area contributed by atoms with Crippen molar-refractivity contribution in [2.75, 3.05) is 34.9 Å². The predicted octanol–water partition coefficient (Wildman–Crippen LogP) is 0.785. The maximum atomic E-state index is 11.2. The van der Waals surface area contributed by atoms with Gasteiger partial charge in [0.2, 0.25) is 0 Å². The molecule has 10 nitrogen and oxygen atoms in total. The van der Waals surface area contributed by atoms with E-state index >= 15 is 0 Å². The average molecular weight is 369 g/mol. The van der Waals surface area contributed by atoms with E-state index in [2.05, 4.69) is 25.5 Å². The Labute approximate surface area is 156 Å². The lowest BCUT2D eigenvalue weighted by Gasteiger charge is -2.26. The van der Waals surface area contributed by atoms with Gasteiger partial charge in [-0.25, -0.2) is 10.6 Å². The third kappa shape index (κ3) is 4.23. The number of hydrogen-bond acceptors (Lipinski definition) is 9. The van der Waals surface area contributed by atoms with E-state index in [1.54, 1.807) is 12.3 Å². The van der Waals surface area contributed by atoms with Gasteiger partial charge in [0.1, 0.15) is 0 Å². The number of nitrogen functional groups attached to an aromatic ring is 3. The van der Waals surface area contributed by atoms with Crippen LogP contribution in [0.15, 0.2) is 36.5 Å². The standard InChI is InChI=1S/C9H15N5O.C8H8N4/c10-7-6-8(12-9(11)14(7)15)13-4-2-1-3-5-13;9-11-8-7-4-2-1-3-6(7)5-10-12-8/h6H,1-5,10H2,(H2,11,12);1-5H,9H2,(H,11,12). The Morgan fingerprint density at radius 1 is 1.11 bits per heavy atom. The summed E-state index contributed by atoms with van der Waals surface area (Å²) in [6.45, 7) is 1.91. The summed E-state index contributed by atoms with van der Waals surface area (Å²) in [5.41, 5.74) is 13.5. The van der Waals surface area contributed by atoms with Crippen LogP contribution >= 0.6 is 0 Å². The summed E-state index contributed by atoms with van der Waals surface area (Å²) >= 11 is 0. The largest absolute Gasteiger partial charge is 0.754 e. The second-order valence-electron chi connectivity index (χ2n) is 6.16. The first-order valence-electron chi connectivity index (χ1n) is 8.67. The van der Waals surface area contributed by atoms with E-state index in [9.17, 15) is 5.21 Å². The van der Waals surface area contributed by atoms with Gasteiger partial charge in [-0.05, 0) is 19.3 Å². The van der Waals surface area contributed by atoms with Crippen LogP contribution in [0.5, 0.6) is 0 Å². The Hall–Kier alpha value is -3.40.